The number of methoxy groups -OCH3 is 1. The van der Waals surface area contributed by atoms with Crippen LogP contribution in [0.4, 0.5) is 0 Å². The highest BCUT2D eigenvalue weighted by molar-refractivity contribution is 9.11. The van der Waals surface area contributed by atoms with Gasteiger partial charge in [-0.1, -0.05) is 16.7 Å². The van der Waals surface area contributed by atoms with Crippen molar-refractivity contribution in [2.45, 2.75) is 12.6 Å². The lowest BCUT2D eigenvalue weighted by Crippen LogP contribution is -2.25. The normalized spacial score (nSPS) is 11.0. The molecule has 10 heteroatoms. The van der Waals surface area contributed by atoms with Gasteiger partial charge in [-0.3, -0.25) is 4.79 Å². The molecule has 0 aliphatic carbocycles. The van der Waals surface area contributed by atoms with Crippen molar-refractivity contribution < 1.29 is 28.7 Å². The van der Waals surface area contributed by atoms with Crippen molar-refractivity contribution >= 4 is 51.5 Å². The molecule has 3 aromatic carbocycles. The molecule has 0 aliphatic heterocycles. The number of phenolic OH excluding ortho intramolecular Hbond substituents is 1. The van der Waals surface area contributed by atoms with Gasteiger partial charge in [0.2, 0.25) is 0 Å². The summed E-state index contributed by atoms with van der Waals surface area (Å²) < 4.78 is 23.5. The van der Waals surface area contributed by atoms with Gasteiger partial charge in [0, 0.05) is 12.1 Å². The molecular formula is C25H23Br2NO6P+. The summed E-state index contributed by atoms with van der Waals surface area (Å²) in [5.74, 6) is -0.165. The monoisotopic (exact) mass is 622 g/mol. The number of carbonyl (C=O) groups is 2. The van der Waals surface area contributed by atoms with Crippen LogP contribution in [0.15, 0.2) is 63.5 Å². The van der Waals surface area contributed by atoms with E-state index in [2.05, 4.69) is 41.9 Å². The van der Waals surface area contributed by atoms with Crippen LogP contribution in [-0.2, 0) is 21.9 Å². The Balaban J connectivity index is 1.66. The van der Waals surface area contributed by atoms with Gasteiger partial charge in [0.1, 0.15) is 18.2 Å². The van der Waals surface area contributed by atoms with Crippen LogP contribution >= 0.6 is 39.7 Å². The standard InChI is InChI=1S/C25H22Br2NO6P/c1-33-25(31)17-5-3-15(4-6-17)9-10-28-24(30)19-13-18(7-8-22(19)29)34-23-20(26)11-16(12-21(23)27)14-35(2)32/h3-8,11-13H,9-10,14H2,1-2H3,(H-,28,29,30)/p+1. The Hall–Kier alpha value is -2.74. The van der Waals surface area contributed by atoms with Crippen LogP contribution in [0.5, 0.6) is 17.2 Å². The van der Waals surface area contributed by atoms with E-state index in [0.717, 1.165) is 11.1 Å². The summed E-state index contributed by atoms with van der Waals surface area (Å²) in [6, 6.07) is 15.0. The Morgan fingerprint density at radius 1 is 1.00 bits per heavy atom. The largest absolute Gasteiger partial charge is 0.507 e. The van der Waals surface area contributed by atoms with Crippen LogP contribution in [-0.4, -0.2) is 37.3 Å². The number of esters is 1. The fourth-order valence-electron chi connectivity index (χ4n) is 3.28. The molecule has 7 nitrogen and oxygen atoms in total. The second-order valence-corrected chi connectivity index (χ2v) is 10.9. The quantitative estimate of drug-likeness (QED) is 0.211. The molecule has 0 bridgehead atoms. The van der Waals surface area contributed by atoms with E-state index >= 15 is 0 Å². The van der Waals surface area contributed by atoms with Gasteiger partial charge < -0.3 is 19.9 Å². The molecule has 1 amide bonds. The number of hydrogen-bond acceptors (Lipinski definition) is 6. The number of hydrogen-bond donors (Lipinski definition) is 2. The first-order chi connectivity index (χ1) is 16.7. The van der Waals surface area contributed by atoms with Gasteiger partial charge in [-0.15, -0.1) is 0 Å². The molecule has 182 valence electrons. The van der Waals surface area contributed by atoms with Gasteiger partial charge in [0.25, 0.3) is 5.91 Å². The summed E-state index contributed by atoms with van der Waals surface area (Å²) in [5.41, 5.74) is 2.36. The number of halogens is 2. The van der Waals surface area contributed by atoms with Crippen LogP contribution in [0.1, 0.15) is 31.8 Å². The van der Waals surface area contributed by atoms with Crippen LogP contribution in [0.3, 0.4) is 0 Å². The van der Waals surface area contributed by atoms with E-state index in [-0.39, 0.29) is 11.3 Å². The van der Waals surface area contributed by atoms with E-state index in [1.165, 1.54) is 19.2 Å². The second kappa shape index (κ2) is 12.3. The van der Waals surface area contributed by atoms with Gasteiger partial charge in [0.15, 0.2) is 11.9 Å². The zero-order chi connectivity index (χ0) is 25.5. The molecule has 35 heavy (non-hydrogen) atoms. The van der Waals surface area contributed by atoms with Crippen molar-refractivity contribution in [3.8, 4) is 17.2 Å². The fraction of sp³-hybridized carbons (Fsp3) is 0.200. The van der Waals surface area contributed by atoms with Crippen molar-refractivity contribution in [1.82, 2.24) is 5.32 Å². The number of phenols is 1. The van der Waals surface area contributed by atoms with Gasteiger partial charge in [0.05, 0.1) is 27.2 Å². The van der Waals surface area contributed by atoms with Gasteiger partial charge in [-0.05, 0) is 86.3 Å². The summed E-state index contributed by atoms with van der Waals surface area (Å²) in [7, 11) is 0.00280. The number of benzene rings is 3. The SMILES string of the molecule is COC(=O)c1ccc(CCNC(=O)c2cc(Oc3c(Br)cc(C[P+](C)=O)cc3Br)ccc2O)cc1. The summed E-state index contributed by atoms with van der Waals surface area (Å²) >= 11 is 6.95. The molecule has 1 atom stereocenters. The third kappa shape index (κ3) is 7.37. The van der Waals surface area contributed by atoms with E-state index in [0.29, 0.717) is 45.1 Å². The van der Waals surface area contributed by atoms with Crippen LogP contribution in [0.2, 0.25) is 0 Å². The average molecular weight is 624 g/mol. The average Bonchev–Trinajstić information content (AvgIpc) is 2.82. The topological polar surface area (TPSA) is 102 Å². The van der Waals surface area contributed by atoms with Crippen LogP contribution < -0.4 is 10.1 Å². The highest BCUT2D eigenvalue weighted by atomic mass is 79.9. The Labute approximate surface area is 220 Å². The van der Waals surface area contributed by atoms with Crippen molar-refractivity contribution in [3.63, 3.8) is 0 Å². The molecule has 0 saturated heterocycles. The molecule has 0 radical (unpaired) electrons. The minimum absolute atomic E-state index is 0.0791. The number of aromatic hydroxyl groups is 1. The molecule has 1 unspecified atom stereocenters. The maximum absolute atomic E-state index is 12.7. The molecule has 0 aliphatic rings. The third-order valence-electron chi connectivity index (χ3n) is 4.97. The highest BCUT2D eigenvalue weighted by Gasteiger charge is 2.17. The minimum atomic E-state index is -1.32. The maximum Gasteiger partial charge on any atom is 0.340 e. The Morgan fingerprint density at radius 2 is 1.66 bits per heavy atom. The molecule has 0 heterocycles. The van der Waals surface area contributed by atoms with Crippen molar-refractivity contribution in [2.24, 2.45) is 0 Å². The van der Waals surface area contributed by atoms with Crippen molar-refractivity contribution in [3.05, 3.63) is 85.8 Å². The molecule has 0 saturated carbocycles. The molecule has 0 fully saturated rings. The van der Waals surface area contributed by atoms with Gasteiger partial charge in [-0.25, -0.2) is 4.79 Å². The van der Waals surface area contributed by atoms with E-state index in [1.54, 1.807) is 37.0 Å². The first-order valence-electron chi connectivity index (χ1n) is 10.5. The first kappa shape index (κ1) is 26.9. The molecule has 0 spiro atoms. The lowest BCUT2D eigenvalue weighted by atomic mass is 10.1. The minimum Gasteiger partial charge on any atom is -0.507 e. The number of rotatable bonds is 9. The summed E-state index contributed by atoms with van der Waals surface area (Å²) in [6.07, 6.45) is 0.992. The molecule has 3 aromatic rings. The van der Waals surface area contributed by atoms with Gasteiger partial charge in [-0.2, -0.15) is 0 Å². The second-order valence-electron chi connectivity index (χ2n) is 7.65. The summed E-state index contributed by atoms with van der Waals surface area (Å²) in [6.45, 7) is 2.00. The van der Waals surface area contributed by atoms with E-state index in [1.807, 2.05) is 12.1 Å². The molecule has 2 N–H and O–H groups in total. The maximum atomic E-state index is 12.7. The van der Waals surface area contributed by atoms with Crippen LogP contribution in [0.25, 0.3) is 0 Å². The van der Waals surface area contributed by atoms with Crippen molar-refractivity contribution in [2.75, 3.05) is 20.3 Å². The molecule has 3 rings (SSSR count). The third-order valence-corrected chi connectivity index (χ3v) is 6.96. The predicted octanol–water partition coefficient (Wildman–Crippen LogP) is 6.43. The lowest BCUT2D eigenvalue weighted by molar-refractivity contribution is 0.0600. The lowest BCUT2D eigenvalue weighted by Gasteiger charge is -2.13. The Bertz CT molecular complexity index is 1240. The van der Waals surface area contributed by atoms with E-state index in [9.17, 15) is 19.3 Å². The van der Waals surface area contributed by atoms with Crippen molar-refractivity contribution in [1.29, 1.82) is 0 Å². The molecule has 0 aromatic heterocycles. The number of ether oxygens (including phenoxy) is 2. The first-order valence-corrected chi connectivity index (χ1v) is 14.0. The zero-order valence-electron chi connectivity index (χ0n) is 19.0. The van der Waals surface area contributed by atoms with E-state index < -0.39 is 19.7 Å². The number of nitrogens with one attached hydrogen (secondary N) is 1. The number of carbonyl (C=O) groups excluding carboxylic acids is 2. The van der Waals surface area contributed by atoms with E-state index in [4.69, 9.17) is 4.74 Å². The molecular weight excluding hydrogens is 601 g/mol. The predicted molar refractivity (Wildman–Crippen MR) is 141 cm³/mol. The van der Waals surface area contributed by atoms with Gasteiger partial charge >= 0.3 is 13.8 Å². The Kier molecular flexibility index (Phi) is 9.43. The number of amides is 1. The Morgan fingerprint density at radius 3 is 2.26 bits per heavy atom. The summed E-state index contributed by atoms with van der Waals surface area (Å²) in [4.78, 5) is 24.2. The van der Waals surface area contributed by atoms with Crippen LogP contribution in [0, 0.1) is 0 Å². The smallest absolute Gasteiger partial charge is 0.340 e. The highest BCUT2D eigenvalue weighted by Crippen LogP contribution is 2.40. The fourth-order valence-corrected chi connectivity index (χ4v) is 5.42. The summed E-state index contributed by atoms with van der Waals surface area (Å²) in [5, 5.41) is 13.0. The zero-order valence-corrected chi connectivity index (χ0v) is 23.1.